The number of para-hydroxylation sites is 2. The molecule has 0 bridgehead atoms. The number of phenols is 1. The zero-order valence-electron chi connectivity index (χ0n) is 7.61. The van der Waals surface area contributed by atoms with E-state index in [0.29, 0.717) is 5.69 Å². The molecule has 0 spiro atoms. The molecule has 0 fully saturated rings. The van der Waals surface area contributed by atoms with E-state index >= 15 is 0 Å². The van der Waals surface area contributed by atoms with Crippen molar-refractivity contribution in [2.75, 3.05) is 0 Å². The molecule has 0 aliphatic carbocycles. The standard InChI is InChI=1S/C10H9BrN2O/c1-7-6-10(11)13(12-7)8-4-2-3-5-9(8)14/h2-6,14H,1H3. The summed E-state index contributed by atoms with van der Waals surface area (Å²) < 4.78 is 2.49. The zero-order valence-corrected chi connectivity index (χ0v) is 9.19. The van der Waals surface area contributed by atoms with Crippen molar-refractivity contribution in [3.63, 3.8) is 0 Å². The predicted molar refractivity (Wildman–Crippen MR) is 57.7 cm³/mol. The average molecular weight is 253 g/mol. The Morgan fingerprint density at radius 1 is 1.36 bits per heavy atom. The molecular formula is C10H9BrN2O. The number of aryl methyl sites for hydroxylation is 1. The normalized spacial score (nSPS) is 10.4. The van der Waals surface area contributed by atoms with Gasteiger partial charge in [0.15, 0.2) is 0 Å². The number of rotatable bonds is 1. The van der Waals surface area contributed by atoms with Crippen LogP contribution in [-0.4, -0.2) is 14.9 Å². The first kappa shape index (κ1) is 9.27. The third-order valence-electron chi connectivity index (χ3n) is 1.90. The van der Waals surface area contributed by atoms with E-state index in [0.717, 1.165) is 10.3 Å². The van der Waals surface area contributed by atoms with Crippen molar-refractivity contribution in [1.82, 2.24) is 9.78 Å². The van der Waals surface area contributed by atoms with Crippen molar-refractivity contribution in [2.45, 2.75) is 6.92 Å². The van der Waals surface area contributed by atoms with Crippen molar-refractivity contribution >= 4 is 15.9 Å². The number of aromatic nitrogens is 2. The molecule has 0 radical (unpaired) electrons. The fourth-order valence-corrected chi connectivity index (χ4v) is 1.88. The number of hydrogen-bond donors (Lipinski definition) is 1. The second kappa shape index (κ2) is 3.46. The summed E-state index contributed by atoms with van der Waals surface area (Å²) in [7, 11) is 0. The zero-order chi connectivity index (χ0) is 10.1. The van der Waals surface area contributed by atoms with Crippen LogP contribution in [0.3, 0.4) is 0 Å². The average Bonchev–Trinajstić information content (AvgIpc) is 2.46. The minimum absolute atomic E-state index is 0.219. The number of phenolic OH excluding ortho intramolecular Hbond substituents is 1. The summed E-state index contributed by atoms with van der Waals surface area (Å²) in [4.78, 5) is 0. The van der Waals surface area contributed by atoms with Gasteiger partial charge in [-0.3, -0.25) is 0 Å². The molecule has 1 heterocycles. The molecule has 14 heavy (non-hydrogen) atoms. The number of halogens is 1. The Kier molecular flexibility index (Phi) is 2.29. The van der Waals surface area contributed by atoms with Crippen LogP contribution in [0, 0.1) is 6.92 Å². The molecule has 0 aliphatic heterocycles. The molecule has 1 aromatic carbocycles. The fourth-order valence-electron chi connectivity index (χ4n) is 1.28. The molecule has 2 rings (SSSR count). The monoisotopic (exact) mass is 252 g/mol. The van der Waals surface area contributed by atoms with Crippen LogP contribution in [0.4, 0.5) is 0 Å². The molecule has 0 saturated carbocycles. The maximum absolute atomic E-state index is 9.62. The van der Waals surface area contributed by atoms with Gasteiger partial charge in [0.2, 0.25) is 0 Å². The van der Waals surface area contributed by atoms with Gasteiger partial charge < -0.3 is 5.11 Å². The summed E-state index contributed by atoms with van der Waals surface area (Å²) in [6.07, 6.45) is 0. The Bertz CT molecular complexity index is 465. The third-order valence-corrected chi connectivity index (χ3v) is 2.46. The van der Waals surface area contributed by atoms with Crippen LogP contribution in [-0.2, 0) is 0 Å². The number of benzene rings is 1. The van der Waals surface area contributed by atoms with Crippen LogP contribution < -0.4 is 0 Å². The van der Waals surface area contributed by atoms with Crippen LogP contribution in [0.15, 0.2) is 34.9 Å². The smallest absolute Gasteiger partial charge is 0.141 e. The van der Waals surface area contributed by atoms with Crippen molar-refractivity contribution in [3.05, 3.63) is 40.6 Å². The van der Waals surface area contributed by atoms with Crippen molar-refractivity contribution < 1.29 is 5.11 Å². The molecule has 3 nitrogen and oxygen atoms in total. The summed E-state index contributed by atoms with van der Waals surface area (Å²) in [6.45, 7) is 1.90. The van der Waals surface area contributed by atoms with E-state index in [1.165, 1.54) is 0 Å². The van der Waals surface area contributed by atoms with E-state index in [9.17, 15) is 5.11 Å². The van der Waals surface area contributed by atoms with E-state index < -0.39 is 0 Å². The quantitative estimate of drug-likeness (QED) is 0.848. The highest BCUT2D eigenvalue weighted by Crippen LogP contribution is 2.24. The molecule has 0 saturated heterocycles. The van der Waals surface area contributed by atoms with Gasteiger partial charge in [-0.15, -0.1) is 0 Å². The van der Waals surface area contributed by atoms with Crippen LogP contribution >= 0.6 is 15.9 Å². The van der Waals surface area contributed by atoms with Crippen LogP contribution in [0.5, 0.6) is 5.75 Å². The van der Waals surface area contributed by atoms with Crippen molar-refractivity contribution in [3.8, 4) is 11.4 Å². The van der Waals surface area contributed by atoms with E-state index in [2.05, 4.69) is 21.0 Å². The highest BCUT2D eigenvalue weighted by atomic mass is 79.9. The summed E-state index contributed by atoms with van der Waals surface area (Å²) in [6, 6.07) is 8.99. The van der Waals surface area contributed by atoms with Gasteiger partial charge in [-0.1, -0.05) is 12.1 Å². The lowest BCUT2D eigenvalue weighted by Crippen LogP contribution is -1.96. The van der Waals surface area contributed by atoms with Gasteiger partial charge in [0.1, 0.15) is 16.0 Å². The third kappa shape index (κ3) is 1.53. The van der Waals surface area contributed by atoms with Gasteiger partial charge >= 0.3 is 0 Å². The molecule has 0 aliphatic rings. The molecule has 0 unspecified atom stereocenters. The van der Waals surface area contributed by atoms with E-state index in [1.54, 1.807) is 16.8 Å². The Labute approximate surface area is 90.1 Å². The van der Waals surface area contributed by atoms with Gasteiger partial charge in [-0.25, -0.2) is 4.68 Å². The summed E-state index contributed by atoms with van der Waals surface area (Å²) in [5, 5.41) is 13.9. The Hall–Kier alpha value is -1.29. The molecule has 72 valence electrons. The molecule has 4 heteroatoms. The minimum Gasteiger partial charge on any atom is -0.506 e. The number of nitrogens with zero attached hydrogens (tertiary/aromatic N) is 2. The second-order valence-electron chi connectivity index (χ2n) is 3.01. The van der Waals surface area contributed by atoms with E-state index in [1.807, 2.05) is 25.1 Å². The maximum Gasteiger partial charge on any atom is 0.141 e. The molecule has 0 amide bonds. The first-order chi connectivity index (χ1) is 6.68. The Morgan fingerprint density at radius 2 is 2.07 bits per heavy atom. The SMILES string of the molecule is Cc1cc(Br)n(-c2ccccc2O)n1. The lowest BCUT2D eigenvalue weighted by Gasteiger charge is -2.04. The fraction of sp³-hybridized carbons (Fsp3) is 0.100. The minimum atomic E-state index is 0.219. The Balaban J connectivity index is 2.60. The Morgan fingerprint density at radius 3 is 2.64 bits per heavy atom. The van der Waals surface area contributed by atoms with Gasteiger partial charge in [0.25, 0.3) is 0 Å². The molecule has 0 atom stereocenters. The van der Waals surface area contributed by atoms with E-state index in [4.69, 9.17) is 0 Å². The van der Waals surface area contributed by atoms with Gasteiger partial charge in [-0.2, -0.15) is 5.10 Å². The molecular weight excluding hydrogens is 244 g/mol. The second-order valence-corrected chi connectivity index (χ2v) is 3.82. The molecule has 1 N–H and O–H groups in total. The lowest BCUT2D eigenvalue weighted by molar-refractivity contribution is 0.470. The van der Waals surface area contributed by atoms with Gasteiger partial charge in [0.05, 0.1) is 5.69 Å². The first-order valence-electron chi connectivity index (χ1n) is 4.19. The highest BCUT2D eigenvalue weighted by molar-refractivity contribution is 9.10. The van der Waals surface area contributed by atoms with Crippen LogP contribution in [0.25, 0.3) is 5.69 Å². The highest BCUT2D eigenvalue weighted by Gasteiger charge is 2.07. The van der Waals surface area contributed by atoms with Crippen LogP contribution in [0.2, 0.25) is 0 Å². The first-order valence-corrected chi connectivity index (χ1v) is 4.98. The predicted octanol–water partition coefficient (Wildman–Crippen LogP) is 2.65. The van der Waals surface area contributed by atoms with Crippen molar-refractivity contribution in [2.24, 2.45) is 0 Å². The lowest BCUT2D eigenvalue weighted by atomic mass is 10.3. The number of aromatic hydroxyl groups is 1. The largest absolute Gasteiger partial charge is 0.506 e. The van der Waals surface area contributed by atoms with Gasteiger partial charge in [-0.05, 0) is 41.1 Å². The number of hydrogen-bond acceptors (Lipinski definition) is 2. The topological polar surface area (TPSA) is 38.0 Å². The summed E-state index contributed by atoms with van der Waals surface area (Å²) >= 11 is 3.38. The van der Waals surface area contributed by atoms with Crippen molar-refractivity contribution in [1.29, 1.82) is 0 Å². The van der Waals surface area contributed by atoms with Crippen LogP contribution in [0.1, 0.15) is 5.69 Å². The van der Waals surface area contributed by atoms with Gasteiger partial charge in [0, 0.05) is 0 Å². The molecule has 1 aromatic heterocycles. The van der Waals surface area contributed by atoms with E-state index in [-0.39, 0.29) is 5.75 Å². The maximum atomic E-state index is 9.62. The molecule has 2 aromatic rings. The summed E-state index contributed by atoms with van der Waals surface area (Å²) in [5.41, 5.74) is 1.58. The summed E-state index contributed by atoms with van der Waals surface area (Å²) in [5.74, 6) is 0.219.